The van der Waals surface area contributed by atoms with Gasteiger partial charge in [0.05, 0.1) is 10.0 Å². The molecule has 100 valence electrons. The smallest absolute Gasteiger partial charge is 0.0633 e. The summed E-state index contributed by atoms with van der Waals surface area (Å²) < 4.78 is 0. The van der Waals surface area contributed by atoms with Gasteiger partial charge in [0.25, 0.3) is 0 Å². The van der Waals surface area contributed by atoms with Gasteiger partial charge >= 0.3 is 0 Å². The van der Waals surface area contributed by atoms with Gasteiger partial charge in [0.15, 0.2) is 0 Å². The number of aromatic nitrogens is 1. The third-order valence-corrected chi connectivity index (χ3v) is 3.95. The minimum Gasteiger partial charge on any atom is -0.316 e. The number of allylic oxidation sites excluding steroid dienone is 1. The predicted molar refractivity (Wildman–Crippen MR) is 79.4 cm³/mol. The quantitative estimate of drug-likeness (QED) is 0.822. The zero-order valence-electron chi connectivity index (χ0n) is 11.0. The van der Waals surface area contributed by atoms with Gasteiger partial charge < -0.3 is 5.32 Å². The molecule has 1 N–H and O–H groups in total. The summed E-state index contributed by atoms with van der Waals surface area (Å²) in [7, 11) is 0. The van der Waals surface area contributed by atoms with Gasteiger partial charge in [0, 0.05) is 18.9 Å². The van der Waals surface area contributed by atoms with E-state index in [-0.39, 0.29) is 0 Å². The first-order valence-electron chi connectivity index (χ1n) is 6.06. The van der Waals surface area contributed by atoms with Crippen LogP contribution in [0.5, 0.6) is 0 Å². The van der Waals surface area contributed by atoms with Crippen LogP contribution in [0.2, 0.25) is 10.0 Å². The second-order valence-electron chi connectivity index (χ2n) is 4.96. The maximum Gasteiger partial charge on any atom is 0.0633 e. The van der Waals surface area contributed by atoms with E-state index in [2.05, 4.69) is 23.8 Å². The third kappa shape index (κ3) is 4.60. The fourth-order valence-electron chi connectivity index (χ4n) is 1.87. The van der Waals surface area contributed by atoms with Crippen LogP contribution in [-0.4, -0.2) is 18.1 Å². The van der Waals surface area contributed by atoms with Crippen LogP contribution in [0, 0.1) is 12.3 Å². The van der Waals surface area contributed by atoms with Crippen LogP contribution in [0.15, 0.2) is 25.0 Å². The lowest BCUT2D eigenvalue weighted by molar-refractivity contribution is 0.371. The molecule has 1 aromatic heterocycles. The average Bonchev–Trinajstić information content (AvgIpc) is 2.74. The van der Waals surface area contributed by atoms with E-state index < -0.39 is 0 Å². The Balaban J connectivity index is 0.000000180. The van der Waals surface area contributed by atoms with E-state index in [4.69, 9.17) is 23.2 Å². The largest absolute Gasteiger partial charge is 0.316 e. The molecule has 1 aromatic rings. The maximum absolute atomic E-state index is 5.67. The molecule has 2 nitrogen and oxygen atoms in total. The molecule has 1 saturated heterocycles. The van der Waals surface area contributed by atoms with Crippen molar-refractivity contribution in [2.24, 2.45) is 5.41 Å². The van der Waals surface area contributed by atoms with Crippen molar-refractivity contribution in [2.75, 3.05) is 13.1 Å². The van der Waals surface area contributed by atoms with Crippen molar-refractivity contribution < 1.29 is 0 Å². The van der Waals surface area contributed by atoms with E-state index in [1.54, 1.807) is 12.4 Å². The SMILES string of the molecule is C=CCC1(C)CCNC1.Cc1c(Cl)cncc1Cl. The fourth-order valence-corrected chi connectivity index (χ4v) is 2.23. The molecule has 0 radical (unpaired) electrons. The van der Waals surface area contributed by atoms with Crippen LogP contribution in [0.25, 0.3) is 0 Å². The van der Waals surface area contributed by atoms with E-state index in [1.807, 2.05) is 13.0 Å². The molecule has 0 saturated carbocycles. The molecule has 0 aromatic carbocycles. The topological polar surface area (TPSA) is 24.9 Å². The summed E-state index contributed by atoms with van der Waals surface area (Å²) in [6.07, 6.45) is 7.62. The Kier molecular flexibility index (Phi) is 6.13. The summed E-state index contributed by atoms with van der Waals surface area (Å²) in [6, 6.07) is 0. The van der Waals surface area contributed by atoms with Crippen LogP contribution in [0.1, 0.15) is 25.3 Å². The Hall–Kier alpha value is -0.570. The zero-order chi connectivity index (χ0) is 13.6. The predicted octanol–water partition coefficient (Wildman–Crippen LogP) is 4.26. The molecule has 1 atom stereocenters. The molecule has 2 heterocycles. The molecule has 0 amide bonds. The molecule has 0 spiro atoms. The summed E-state index contributed by atoms with van der Waals surface area (Å²) in [5.41, 5.74) is 1.40. The van der Waals surface area contributed by atoms with Gasteiger partial charge in [-0.1, -0.05) is 36.2 Å². The molecule has 1 aliphatic heterocycles. The van der Waals surface area contributed by atoms with Crippen LogP contribution < -0.4 is 5.32 Å². The van der Waals surface area contributed by atoms with Gasteiger partial charge in [-0.25, -0.2) is 0 Å². The van der Waals surface area contributed by atoms with Crippen molar-refractivity contribution in [1.82, 2.24) is 10.3 Å². The van der Waals surface area contributed by atoms with Crippen molar-refractivity contribution in [2.45, 2.75) is 26.7 Å². The Bertz CT molecular complexity index is 379. The molecule has 4 heteroatoms. The summed E-state index contributed by atoms with van der Waals surface area (Å²) in [5, 5.41) is 4.58. The lowest BCUT2D eigenvalue weighted by atomic mass is 9.86. The van der Waals surface area contributed by atoms with E-state index in [0.717, 1.165) is 12.0 Å². The van der Waals surface area contributed by atoms with E-state index in [0.29, 0.717) is 15.5 Å². The normalized spacial score (nSPS) is 22.2. The van der Waals surface area contributed by atoms with Gasteiger partial charge in [-0.15, -0.1) is 6.58 Å². The average molecular weight is 287 g/mol. The van der Waals surface area contributed by atoms with Gasteiger partial charge in [0.2, 0.25) is 0 Å². The molecule has 0 aliphatic carbocycles. The first-order chi connectivity index (χ1) is 8.48. The highest BCUT2D eigenvalue weighted by atomic mass is 35.5. The number of hydrogen-bond donors (Lipinski definition) is 1. The van der Waals surface area contributed by atoms with Gasteiger partial charge in [-0.2, -0.15) is 0 Å². The first kappa shape index (κ1) is 15.5. The van der Waals surface area contributed by atoms with Crippen molar-refractivity contribution in [3.63, 3.8) is 0 Å². The number of rotatable bonds is 2. The number of halogens is 2. The second-order valence-corrected chi connectivity index (χ2v) is 5.77. The van der Waals surface area contributed by atoms with Crippen molar-refractivity contribution in [1.29, 1.82) is 0 Å². The summed E-state index contributed by atoms with van der Waals surface area (Å²) in [6.45, 7) is 10.3. The third-order valence-electron chi connectivity index (χ3n) is 3.19. The molecular weight excluding hydrogens is 267 g/mol. The standard InChI is InChI=1S/C8H15N.C6H5Cl2N/c1-3-4-8(2)5-6-9-7-8;1-4-5(7)2-9-3-6(4)8/h3,9H,1,4-7H2,2H3;2-3H,1H3. The minimum atomic E-state index is 0.516. The molecule has 1 aliphatic rings. The fraction of sp³-hybridized carbons (Fsp3) is 0.500. The van der Waals surface area contributed by atoms with Gasteiger partial charge in [-0.05, 0) is 37.3 Å². The van der Waals surface area contributed by atoms with Crippen LogP contribution in [0.4, 0.5) is 0 Å². The van der Waals surface area contributed by atoms with Crippen LogP contribution >= 0.6 is 23.2 Å². The molecule has 1 unspecified atom stereocenters. The second kappa shape index (κ2) is 7.13. The highest BCUT2D eigenvalue weighted by molar-refractivity contribution is 6.35. The van der Waals surface area contributed by atoms with Crippen molar-refractivity contribution >= 4 is 23.2 Å². The number of nitrogens with zero attached hydrogens (tertiary/aromatic N) is 1. The minimum absolute atomic E-state index is 0.516. The molecule has 2 rings (SSSR count). The highest BCUT2D eigenvalue weighted by Crippen LogP contribution is 2.28. The lowest BCUT2D eigenvalue weighted by Crippen LogP contribution is -2.18. The molecular formula is C14H20Cl2N2. The van der Waals surface area contributed by atoms with E-state index >= 15 is 0 Å². The Morgan fingerprint density at radius 2 is 2.06 bits per heavy atom. The number of nitrogens with one attached hydrogen (secondary N) is 1. The summed E-state index contributed by atoms with van der Waals surface area (Å²) >= 11 is 11.3. The first-order valence-corrected chi connectivity index (χ1v) is 6.81. The number of hydrogen-bond acceptors (Lipinski definition) is 2. The Morgan fingerprint density at radius 1 is 1.44 bits per heavy atom. The highest BCUT2D eigenvalue weighted by Gasteiger charge is 2.26. The van der Waals surface area contributed by atoms with Crippen molar-refractivity contribution in [3.05, 3.63) is 40.7 Å². The van der Waals surface area contributed by atoms with Crippen LogP contribution in [0.3, 0.4) is 0 Å². The monoisotopic (exact) mass is 286 g/mol. The molecule has 0 bridgehead atoms. The van der Waals surface area contributed by atoms with Crippen molar-refractivity contribution in [3.8, 4) is 0 Å². The lowest BCUT2D eigenvalue weighted by Gasteiger charge is -2.19. The van der Waals surface area contributed by atoms with Crippen LogP contribution in [-0.2, 0) is 0 Å². The van der Waals surface area contributed by atoms with E-state index in [1.165, 1.54) is 19.5 Å². The summed E-state index contributed by atoms with van der Waals surface area (Å²) in [5.74, 6) is 0. The molecule has 1 fully saturated rings. The Labute approximate surface area is 119 Å². The molecule has 18 heavy (non-hydrogen) atoms. The van der Waals surface area contributed by atoms with Gasteiger partial charge in [-0.3, -0.25) is 4.98 Å². The summed E-state index contributed by atoms with van der Waals surface area (Å²) in [4.78, 5) is 3.78. The van der Waals surface area contributed by atoms with E-state index in [9.17, 15) is 0 Å². The number of pyridine rings is 1. The maximum atomic E-state index is 5.67. The zero-order valence-corrected chi connectivity index (χ0v) is 12.5. The Morgan fingerprint density at radius 3 is 2.44 bits per heavy atom. The van der Waals surface area contributed by atoms with Gasteiger partial charge in [0.1, 0.15) is 0 Å².